The van der Waals surface area contributed by atoms with E-state index in [1.165, 1.54) is 11.1 Å². The van der Waals surface area contributed by atoms with E-state index in [0.29, 0.717) is 18.7 Å². The van der Waals surface area contributed by atoms with Crippen molar-refractivity contribution < 1.29 is 38.6 Å². The molecule has 1 aliphatic carbocycles. The number of hydrazone groups is 1. The lowest BCUT2D eigenvalue weighted by Gasteiger charge is -2.27. The predicted molar refractivity (Wildman–Crippen MR) is 174 cm³/mol. The summed E-state index contributed by atoms with van der Waals surface area (Å²) in [6, 6.07) is 3.62. The third-order valence-electron chi connectivity index (χ3n) is 7.94. The number of hydrogen-bond acceptors (Lipinski definition) is 10. The van der Waals surface area contributed by atoms with Crippen LogP contribution < -0.4 is 31.6 Å². The van der Waals surface area contributed by atoms with Gasteiger partial charge in [0.15, 0.2) is 0 Å². The van der Waals surface area contributed by atoms with E-state index in [1.54, 1.807) is 45.0 Å². The Kier molecular flexibility index (Phi) is 13.4. The van der Waals surface area contributed by atoms with E-state index in [0.717, 1.165) is 30.6 Å². The molecule has 0 aromatic heterocycles. The number of aliphatic hydroxyl groups excluding tert-OH is 1. The molecule has 1 heterocycles. The van der Waals surface area contributed by atoms with Gasteiger partial charge >= 0.3 is 12.0 Å². The van der Waals surface area contributed by atoms with Crippen molar-refractivity contribution in [2.45, 2.75) is 83.9 Å². The van der Waals surface area contributed by atoms with Crippen LogP contribution in [0.1, 0.15) is 66.2 Å². The second-order valence-electron chi connectivity index (χ2n) is 12.8. The van der Waals surface area contributed by atoms with Crippen LogP contribution in [0.4, 0.5) is 16.2 Å². The molecule has 0 saturated heterocycles. The second-order valence-corrected chi connectivity index (χ2v) is 12.8. The molecule has 5 amide bonds. The summed E-state index contributed by atoms with van der Waals surface area (Å²) in [5.41, 5.74) is 8.17. The molecule has 2 aliphatic rings. The Labute approximate surface area is 274 Å². The van der Waals surface area contributed by atoms with Crippen LogP contribution in [0.25, 0.3) is 0 Å². The number of rotatable bonds is 12. The number of para-hydroxylation sites is 2. The zero-order chi connectivity index (χ0) is 34.7. The van der Waals surface area contributed by atoms with Gasteiger partial charge in [0.05, 0.1) is 30.4 Å². The number of ether oxygens (including phenoxy) is 1. The second kappa shape index (κ2) is 17.0. The Morgan fingerprint density at radius 3 is 2.38 bits per heavy atom. The molecule has 2 atom stereocenters. The maximum Gasteiger partial charge on any atom is 0.335 e. The summed E-state index contributed by atoms with van der Waals surface area (Å²) in [5, 5.41) is 18.8. The number of Topliss-reactive ketones (excluding diaryl/α,β-unsaturated/α-hetero) is 1. The Balaban J connectivity index is 1.66. The first-order chi connectivity index (χ1) is 22.2. The largest absolute Gasteiger partial charge is 0.460 e. The van der Waals surface area contributed by atoms with Crippen molar-refractivity contribution in [2.24, 2.45) is 22.7 Å². The average molecular weight is 658 g/mol. The monoisotopic (exact) mass is 657 g/mol. The molecule has 1 aromatic carbocycles. The number of ketones is 1. The molecule has 6 N–H and O–H groups in total. The summed E-state index contributed by atoms with van der Waals surface area (Å²) in [7, 11) is 0. The van der Waals surface area contributed by atoms with E-state index in [-0.39, 0.29) is 36.3 Å². The summed E-state index contributed by atoms with van der Waals surface area (Å²) in [6.07, 6.45) is 4.71. The molecule has 15 nitrogen and oxygen atoms in total. The highest BCUT2D eigenvalue weighted by atomic mass is 16.6. The zero-order valence-corrected chi connectivity index (χ0v) is 27.5. The number of fused-ring (bicyclic) bond motifs is 1. The van der Waals surface area contributed by atoms with E-state index in [4.69, 9.17) is 10.5 Å². The Morgan fingerprint density at radius 1 is 1.11 bits per heavy atom. The van der Waals surface area contributed by atoms with Crippen LogP contribution >= 0.6 is 0 Å². The summed E-state index contributed by atoms with van der Waals surface area (Å²) in [6.45, 7) is 5.87. The number of nitrogens with two attached hydrogens (primary N) is 1. The van der Waals surface area contributed by atoms with Crippen molar-refractivity contribution in [1.82, 2.24) is 16.1 Å². The van der Waals surface area contributed by atoms with Gasteiger partial charge in [-0.25, -0.2) is 10.2 Å². The Hall–Kier alpha value is -4.37. The number of anilines is 2. The fraction of sp³-hybridized carbons (Fsp3) is 0.594. The molecule has 1 fully saturated rings. The minimum absolute atomic E-state index is 0.0981. The topological polar surface area (TPSA) is 213 Å². The average Bonchev–Trinajstić information content (AvgIpc) is 3.12. The van der Waals surface area contributed by atoms with Gasteiger partial charge in [-0.2, -0.15) is 5.10 Å². The predicted octanol–water partition coefficient (Wildman–Crippen LogP) is 0.973. The third kappa shape index (κ3) is 11.1. The smallest absolute Gasteiger partial charge is 0.335 e. The molecule has 3 rings (SSSR count). The number of carbonyl (C=O) groups excluding carboxylic acids is 6. The minimum Gasteiger partial charge on any atom is -0.460 e. The van der Waals surface area contributed by atoms with E-state index in [2.05, 4.69) is 21.2 Å². The first-order valence-electron chi connectivity index (χ1n) is 15.9. The number of esters is 1. The minimum atomic E-state index is -1.18. The zero-order valence-electron chi connectivity index (χ0n) is 27.5. The third-order valence-corrected chi connectivity index (χ3v) is 7.94. The van der Waals surface area contributed by atoms with Gasteiger partial charge in [0.2, 0.25) is 11.8 Å². The molecule has 1 aliphatic heterocycles. The van der Waals surface area contributed by atoms with Crippen molar-refractivity contribution in [3.05, 3.63) is 24.3 Å². The highest BCUT2D eigenvalue weighted by Gasteiger charge is 2.35. The first-order valence-corrected chi connectivity index (χ1v) is 15.9. The van der Waals surface area contributed by atoms with Crippen LogP contribution in [-0.4, -0.2) is 90.8 Å². The standard InChI is InChI=1S/C32H47N7O8/c1-5-26(41)21-12-10-20(11-13-21)15-34-31(46)37-35-16-22(14-29(44)47-32(2,3)4)36-27(42)18-39-25-9-7-6-8-24(25)38(28(43)19-40)17-23(33)30(39)45/h6-9,16,20-23,40H,5,10-15,17-19,33H2,1-4H3,(H,36,42)(H2,34,37,46)/b35-16+/t20?,21?,22-,23-/m0/s1. The van der Waals surface area contributed by atoms with Crippen molar-refractivity contribution in [3.8, 4) is 0 Å². The lowest BCUT2D eigenvalue weighted by atomic mass is 9.79. The molecule has 47 heavy (non-hydrogen) atoms. The maximum absolute atomic E-state index is 13.3. The maximum atomic E-state index is 13.3. The summed E-state index contributed by atoms with van der Waals surface area (Å²) < 4.78 is 5.39. The number of urea groups is 1. The molecule has 15 heteroatoms. The summed E-state index contributed by atoms with van der Waals surface area (Å²) >= 11 is 0. The highest BCUT2D eigenvalue weighted by molar-refractivity contribution is 6.09. The van der Waals surface area contributed by atoms with Crippen molar-refractivity contribution >= 4 is 53.1 Å². The molecule has 1 saturated carbocycles. The van der Waals surface area contributed by atoms with Gasteiger partial charge < -0.3 is 31.1 Å². The quantitative estimate of drug-likeness (QED) is 0.123. The Bertz CT molecular complexity index is 1340. The van der Waals surface area contributed by atoms with E-state index < -0.39 is 60.6 Å². The molecular weight excluding hydrogens is 610 g/mol. The molecule has 0 spiro atoms. The number of nitrogens with zero attached hydrogens (tertiary/aromatic N) is 3. The lowest BCUT2D eigenvalue weighted by molar-refractivity contribution is -0.155. The molecule has 0 unspecified atom stereocenters. The van der Waals surface area contributed by atoms with Crippen molar-refractivity contribution in [1.29, 1.82) is 0 Å². The first kappa shape index (κ1) is 37.1. The van der Waals surface area contributed by atoms with Gasteiger partial charge in [0.1, 0.15) is 30.6 Å². The number of aliphatic hydroxyl groups is 1. The number of hydrogen-bond donors (Lipinski definition) is 5. The molecule has 1 aromatic rings. The van der Waals surface area contributed by atoms with E-state index in [9.17, 15) is 33.9 Å². The normalized spacial score (nSPS) is 20.6. The summed E-state index contributed by atoms with van der Waals surface area (Å²) in [4.78, 5) is 78.3. The number of amides is 5. The van der Waals surface area contributed by atoms with Crippen LogP contribution in [0, 0.1) is 11.8 Å². The van der Waals surface area contributed by atoms with Crippen LogP contribution in [0.15, 0.2) is 29.4 Å². The fourth-order valence-electron chi connectivity index (χ4n) is 5.64. The van der Waals surface area contributed by atoms with Crippen LogP contribution in [0.3, 0.4) is 0 Å². The fourth-order valence-corrected chi connectivity index (χ4v) is 5.64. The number of carbonyl (C=O) groups is 6. The van der Waals surface area contributed by atoms with Gasteiger partial charge in [-0.15, -0.1) is 0 Å². The van der Waals surface area contributed by atoms with Gasteiger partial charge in [0, 0.05) is 25.1 Å². The molecule has 258 valence electrons. The van der Waals surface area contributed by atoms with Crippen LogP contribution in [0.2, 0.25) is 0 Å². The van der Waals surface area contributed by atoms with E-state index >= 15 is 0 Å². The van der Waals surface area contributed by atoms with Crippen molar-refractivity contribution in [2.75, 3.05) is 36.0 Å². The molecule has 0 bridgehead atoms. The highest BCUT2D eigenvalue weighted by Crippen LogP contribution is 2.32. The van der Waals surface area contributed by atoms with Gasteiger partial charge in [0.25, 0.3) is 5.91 Å². The number of benzene rings is 1. The summed E-state index contributed by atoms with van der Waals surface area (Å²) in [5.74, 6) is -1.96. The van der Waals surface area contributed by atoms with Crippen LogP contribution in [-0.2, 0) is 28.7 Å². The van der Waals surface area contributed by atoms with Crippen LogP contribution in [0.5, 0.6) is 0 Å². The molecular formula is C32H47N7O8. The Morgan fingerprint density at radius 2 is 1.77 bits per heavy atom. The van der Waals surface area contributed by atoms with Crippen molar-refractivity contribution in [3.63, 3.8) is 0 Å². The van der Waals surface area contributed by atoms with Gasteiger partial charge in [-0.3, -0.25) is 28.9 Å². The lowest BCUT2D eigenvalue weighted by Crippen LogP contribution is -2.52. The number of nitrogens with one attached hydrogen (secondary N) is 3. The molecule has 0 radical (unpaired) electrons. The SMILES string of the molecule is CCC(=O)C1CCC(CNC(=O)N/N=C/[C@H](CC(=O)OC(C)(C)C)NC(=O)CN2C(=O)[C@@H](N)CN(C(=O)CO)c3ccccc32)CC1. The van der Waals surface area contributed by atoms with Gasteiger partial charge in [-0.05, 0) is 64.5 Å². The van der Waals surface area contributed by atoms with E-state index in [1.807, 2.05) is 6.92 Å². The van der Waals surface area contributed by atoms with Gasteiger partial charge in [-0.1, -0.05) is 19.1 Å².